The van der Waals surface area contributed by atoms with E-state index in [4.69, 9.17) is 26.6 Å². The molecule has 6 N–H and O–H groups in total. The van der Waals surface area contributed by atoms with Gasteiger partial charge in [-0.3, -0.25) is 4.57 Å². The number of ether oxygens (including phenoxy) is 1. The number of halogens is 1. The summed E-state index contributed by atoms with van der Waals surface area (Å²) in [5.41, 5.74) is 5.98. The highest BCUT2D eigenvalue weighted by Crippen LogP contribution is 2.56. The fourth-order valence-corrected chi connectivity index (χ4v) is 4.31. The van der Waals surface area contributed by atoms with Crippen LogP contribution in [-0.4, -0.2) is 63.4 Å². The van der Waals surface area contributed by atoms with Gasteiger partial charge < -0.3 is 35.2 Å². The van der Waals surface area contributed by atoms with Crippen LogP contribution in [0.2, 0.25) is 5.15 Å². The molecule has 166 valence electrons. The summed E-state index contributed by atoms with van der Waals surface area (Å²) in [4.78, 5) is 21.9. The average molecular weight is 464 g/mol. The fourth-order valence-electron chi connectivity index (χ4n) is 2.89. The number of rotatable bonds is 7. The Balaban J connectivity index is 1.79. The third-order valence-electron chi connectivity index (χ3n) is 4.87. The summed E-state index contributed by atoms with van der Waals surface area (Å²) in [5, 5.41) is 28.9. The van der Waals surface area contributed by atoms with Crippen LogP contribution in [0, 0.1) is 0 Å². The zero-order valence-corrected chi connectivity index (χ0v) is 18.1. The number of nitrogens with zero attached hydrogens (tertiary/aromatic N) is 4. The molecule has 0 saturated carbocycles. The van der Waals surface area contributed by atoms with E-state index in [9.17, 15) is 24.8 Å². The minimum absolute atomic E-state index is 0.00376. The molecule has 1 aliphatic rings. The van der Waals surface area contributed by atoms with E-state index >= 15 is 0 Å². The lowest BCUT2D eigenvalue weighted by atomic mass is 10.1. The number of nitrogen functional groups attached to an aromatic ring is 1. The van der Waals surface area contributed by atoms with Gasteiger partial charge in [0.1, 0.15) is 17.9 Å². The second kappa shape index (κ2) is 7.95. The zero-order chi connectivity index (χ0) is 22.4. The fraction of sp³-hybridized carbons (Fsp3) is 0.562. The molecule has 0 spiro atoms. The first-order valence-electron chi connectivity index (χ1n) is 9.06. The van der Waals surface area contributed by atoms with Crippen molar-refractivity contribution in [3.63, 3.8) is 0 Å². The van der Waals surface area contributed by atoms with E-state index < -0.39 is 37.0 Å². The maximum atomic E-state index is 12.3. The summed E-state index contributed by atoms with van der Waals surface area (Å²) in [5.74, 6) is -0.759. The number of imidazole rings is 1. The predicted octanol–water partition coefficient (Wildman–Crippen LogP) is 1.60. The van der Waals surface area contributed by atoms with Crippen molar-refractivity contribution < 1.29 is 34.0 Å². The number of aliphatic hydroxyl groups excluding tert-OH is 2. The van der Waals surface area contributed by atoms with Gasteiger partial charge in [0.05, 0.1) is 6.10 Å². The maximum Gasteiger partial charge on any atom is 0.359 e. The van der Waals surface area contributed by atoms with Gasteiger partial charge in [-0.05, 0) is 20.3 Å². The Labute approximate surface area is 176 Å². The molecular weight excluding hydrogens is 441 g/mol. The molecule has 1 aliphatic heterocycles. The molecule has 0 radical (unpaired) electrons. The molecule has 3 heterocycles. The second-order valence-electron chi connectivity index (χ2n) is 7.19. The molecule has 14 heteroatoms. The van der Waals surface area contributed by atoms with Gasteiger partial charge in [-0.2, -0.15) is 9.97 Å². The number of nitrogens with two attached hydrogens (primary N) is 1. The minimum atomic E-state index is -4.37. The van der Waals surface area contributed by atoms with Gasteiger partial charge in [-0.15, -0.1) is 0 Å². The Morgan fingerprint density at radius 1 is 1.50 bits per heavy atom. The van der Waals surface area contributed by atoms with Crippen molar-refractivity contribution in [2.75, 3.05) is 5.73 Å². The number of hydrogen-bond acceptors (Lipinski definition) is 10. The normalized spacial score (nSPS) is 24.5. The third-order valence-corrected chi connectivity index (χ3v) is 7.31. The maximum absolute atomic E-state index is 12.3. The van der Waals surface area contributed by atoms with E-state index in [0.717, 1.165) is 0 Å². The first kappa shape index (κ1) is 22.7. The molecule has 0 aliphatic carbocycles. The Hall–Kier alpha value is -1.95. The highest BCUT2D eigenvalue weighted by molar-refractivity contribution is 7.54. The van der Waals surface area contributed by atoms with Crippen LogP contribution < -0.4 is 5.73 Å². The van der Waals surface area contributed by atoms with Crippen molar-refractivity contribution in [1.82, 2.24) is 19.5 Å². The molecule has 30 heavy (non-hydrogen) atoms. The molecule has 5 atom stereocenters. The van der Waals surface area contributed by atoms with Gasteiger partial charge in [-0.1, -0.05) is 18.5 Å². The summed E-state index contributed by atoms with van der Waals surface area (Å²) >= 11 is 5.99. The van der Waals surface area contributed by atoms with Crippen LogP contribution in [-0.2, 0) is 13.8 Å². The first-order chi connectivity index (χ1) is 13.9. The van der Waals surface area contributed by atoms with Crippen molar-refractivity contribution in [1.29, 1.82) is 0 Å². The highest BCUT2D eigenvalue weighted by Gasteiger charge is 2.44. The van der Waals surface area contributed by atoms with Crippen LogP contribution >= 0.6 is 19.2 Å². The molecule has 0 aromatic carbocycles. The Morgan fingerprint density at radius 2 is 2.17 bits per heavy atom. The largest absolute Gasteiger partial charge is 0.505 e. The summed E-state index contributed by atoms with van der Waals surface area (Å²) in [7, 11) is -4.37. The van der Waals surface area contributed by atoms with Crippen molar-refractivity contribution in [2.45, 2.75) is 57.3 Å². The molecule has 2 aromatic heterocycles. The predicted molar refractivity (Wildman–Crippen MR) is 107 cm³/mol. The van der Waals surface area contributed by atoms with Gasteiger partial charge in [-0.25, -0.2) is 9.55 Å². The summed E-state index contributed by atoms with van der Waals surface area (Å²) in [6.07, 6.45) is -2.13. The van der Waals surface area contributed by atoms with Crippen molar-refractivity contribution in [3.05, 3.63) is 17.2 Å². The van der Waals surface area contributed by atoms with Crippen LogP contribution in [0.3, 0.4) is 0 Å². The molecule has 2 unspecified atom stereocenters. The smallest absolute Gasteiger partial charge is 0.359 e. The Bertz CT molecular complexity index is 1040. The van der Waals surface area contributed by atoms with Crippen molar-refractivity contribution in [2.24, 2.45) is 0 Å². The van der Waals surface area contributed by atoms with Crippen LogP contribution in [0.15, 0.2) is 12.1 Å². The molecule has 3 rings (SSSR count). The average Bonchev–Trinajstić information content (AvgIpc) is 3.17. The van der Waals surface area contributed by atoms with Crippen LogP contribution in [0.1, 0.15) is 33.6 Å². The molecule has 2 aromatic rings. The summed E-state index contributed by atoms with van der Waals surface area (Å²) < 4.78 is 24.4. The van der Waals surface area contributed by atoms with Crippen LogP contribution in [0.5, 0.6) is 0 Å². The molecule has 0 saturated heterocycles. The van der Waals surface area contributed by atoms with Gasteiger partial charge in [0.2, 0.25) is 11.8 Å². The van der Waals surface area contributed by atoms with Gasteiger partial charge in [0.25, 0.3) is 0 Å². The number of fused-ring (bicyclic) bond motifs is 1. The summed E-state index contributed by atoms with van der Waals surface area (Å²) in [6, 6.07) is 0. The lowest BCUT2D eigenvalue weighted by molar-refractivity contribution is 0.0139. The third kappa shape index (κ3) is 3.98. The van der Waals surface area contributed by atoms with E-state index in [0.29, 0.717) is 0 Å². The van der Waals surface area contributed by atoms with E-state index in [1.807, 2.05) is 0 Å². The first-order valence-corrected chi connectivity index (χ1v) is 11.0. The van der Waals surface area contributed by atoms with Crippen molar-refractivity contribution in [3.8, 4) is 0 Å². The molecule has 0 amide bonds. The number of aromatic nitrogens is 4. The van der Waals surface area contributed by atoms with E-state index in [1.54, 1.807) is 6.92 Å². The molecular formula is C16H23ClN5O7P. The van der Waals surface area contributed by atoms with E-state index in [-0.39, 0.29) is 41.0 Å². The number of aliphatic hydroxyl groups is 3. The number of hydrogen-bond donors (Lipinski definition) is 5. The van der Waals surface area contributed by atoms with Crippen LogP contribution in [0.25, 0.3) is 17.0 Å². The van der Waals surface area contributed by atoms with Gasteiger partial charge in [0, 0.05) is 6.42 Å². The summed E-state index contributed by atoms with van der Waals surface area (Å²) in [6.45, 7) is 4.24. The Kier molecular flexibility index (Phi) is 6.02. The minimum Gasteiger partial charge on any atom is -0.505 e. The lowest BCUT2D eigenvalue weighted by Gasteiger charge is -2.30. The van der Waals surface area contributed by atoms with Gasteiger partial charge >= 0.3 is 7.60 Å². The molecule has 0 fully saturated rings. The monoisotopic (exact) mass is 463 g/mol. The van der Waals surface area contributed by atoms with Crippen molar-refractivity contribution >= 4 is 42.2 Å². The second-order valence-corrected chi connectivity index (χ2v) is 9.77. The standard InChI is InChI=1S/C16H23ClN5O7P/c1-4-16(3,25)30(26,27)29-7(2)5-8-10(23)11(24)14(28-8)22-6-19-9-12(17)20-15(18)21-13(9)22/h6-8,10,23-25H,4-5H2,1-3H3,(H,26,27)(H2,18,20,21)/t7?,8-,10-,16-/m1/s1. The topological polar surface area (TPSA) is 186 Å². The lowest BCUT2D eigenvalue weighted by Crippen LogP contribution is -2.31. The number of anilines is 1. The molecule has 0 bridgehead atoms. The zero-order valence-electron chi connectivity index (χ0n) is 16.4. The highest BCUT2D eigenvalue weighted by atomic mass is 35.5. The quantitative estimate of drug-likeness (QED) is 0.296. The van der Waals surface area contributed by atoms with Crippen LogP contribution in [0.4, 0.5) is 5.95 Å². The van der Waals surface area contributed by atoms with Gasteiger partial charge in [0.15, 0.2) is 28.0 Å². The SMILES string of the molecule is CC[C@](C)(O)P(=O)(O)OC(C)C[C@H]1OC(n2cnc3c(Cl)nc(N)nc32)=C(O)[C@@H]1O. The molecule has 12 nitrogen and oxygen atoms in total. The van der Waals surface area contributed by atoms with E-state index in [2.05, 4.69) is 15.0 Å². The Morgan fingerprint density at radius 3 is 2.80 bits per heavy atom. The van der Waals surface area contributed by atoms with E-state index in [1.165, 1.54) is 24.7 Å².